The number of hydrogen-bond acceptors (Lipinski definition) is 6. The fourth-order valence-corrected chi connectivity index (χ4v) is 3.47. The summed E-state index contributed by atoms with van der Waals surface area (Å²) in [4.78, 5) is 24.6. The monoisotopic (exact) mass is 438 g/mol. The quantitative estimate of drug-likeness (QED) is 0.561. The molecule has 4 rings (SSSR count). The molecule has 166 valence electrons. The van der Waals surface area contributed by atoms with Gasteiger partial charge in [-0.3, -0.25) is 9.69 Å². The number of carbonyl (C=O) groups is 2. The molecule has 1 atom stereocenters. The van der Waals surface area contributed by atoms with Gasteiger partial charge in [0.25, 0.3) is 0 Å². The third-order valence-electron chi connectivity index (χ3n) is 5.11. The normalized spacial score (nSPS) is 15.6. The first-order valence-corrected chi connectivity index (χ1v) is 10.2. The van der Waals surface area contributed by atoms with Crippen molar-refractivity contribution in [2.24, 2.45) is 0 Å². The van der Waals surface area contributed by atoms with Crippen LogP contribution < -0.4 is 15.5 Å². The summed E-state index contributed by atoms with van der Waals surface area (Å²) in [5.41, 5.74) is 3.47. The summed E-state index contributed by atoms with van der Waals surface area (Å²) < 4.78 is 24.9. The van der Waals surface area contributed by atoms with E-state index >= 15 is 0 Å². The molecule has 0 unspecified atom stereocenters. The van der Waals surface area contributed by atoms with Gasteiger partial charge in [-0.15, -0.1) is 0 Å². The van der Waals surface area contributed by atoms with Crippen LogP contribution in [0, 0.1) is 5.82 Å². The van der Waals surface area contributed by atoms with E-state index in [-0.39, 0.29) is 19.0 Å². The van der Waals surface area contributed by atoms with Crippen molar-refractivity contribution in [3.05, 3.63) is 71.9 Å². The molecule has 8 nitrogen and oxygen atoms in total. The average molecular weight is 438 g/mol. The topological polar surface area (TPSA) is 96.7 Å². The lowest BCUT2D eigenvalue weighted by Crippen LogP contribution is -2.33. The van der Waals surface area contributed by atoms with Gasteiger partial charge in [-0.25, -0.2) is 9.18 Å². The largest absolute Gasteiger partial charge is 0.442 e. The Morgan fingerprint density at radius 2 is 2.00 bits per heavy atom. The molecular formula is C23H23FN4O4. The maximum atomic E-state index is 14.9. The molecule has 1 aromatic heterocycles. The molecule has 32 heavy (non-hydrogen) atoms. The molecule has 1 saturated heterocycles. The molecule has 0 aliphatic carbocycles. The number of anilines is 1. The molecule has 3 aromatic rings. The van der Waals surface area contributed by atoms with Crippen LogP contribution in [-0.2, 0) is 22.6 Å². The van der Waals surface area contributed by atoms with E-state index in [0.717, 1.165) is 16.8 Å². The van der Waals surface area contributed by atoms with Crippen molar-refractivity contribution in [2.75, 3.05) is 18.0 Å². The van der Waals surface area contributed by atoms with Crippen LogP contribution in [0.15, 0.2) is 59.3 Å². The second-order valence-electron chi connectivity index (χ2n) is 7.51. The average Bonchev–Trinajstić information content (AvgIpc) is 3.42. The molecule has 2 heterocycles. The number of aromatic nitrogens is 1. The smallest absolute Gasteiger partial charge is 0.414 e. The Labute approximate surface area is 184 Å². The number of carbonyl (C=O) groups excluding carboxylic acids is 2. The van der Waals surface area contributed by atoms with E-state index in [4.69, 9.17) is 9.26 Å². The van der Waals surface area contributed by atoms with Gasteiger partial charge in [0.2, 0.25) is 5.91 Å². The van der Waals surface area contributed by atoms with E-state index in [1.54, 1.807) is 18.2 Å². The standard InChI is InChI=1S/C23H23FN4O4/c1-15(29)26-13-20-14-28(23(30)32-20)19-6-7-21(22(24)10-19)17-4-2-16(3-5-17)11-25-12-18-8-9-31-27-18/h2-10,20,25H,11-14H2,1H3,(H,26,29)/t20-/m0/s1. The summed E-state index contributed by atoms with van der Waals surface area (Å²) >= 11 is 0. The molecule has 9 heteroatoms. The van der Waals surface area contributed by atoms with Crippen LogP contribution >= 0.6 is 0 Å². The third kappa shape index (κ3) is 5.12. The van der Waals surface area contributed by atoms with Crippen molar-refractivity contribution < 1.29 is 23.2 Å². The highest BCUT2D eigenvalue weighted by molar-refractivity contribution is 5.90. The molecule has 1 aliphatic heterocycles. The van der Waals surface area contributed by atoms with E-state index < -0.39 is 18.0 Å². The maximum absolute atomic E-state index is 14.9. The highest BCUT2D eigenvalue weighted by Gasteiger charge is 2.32. The van der Waals surface area contributed by atoms with E-state index in [9.17, 15) is 14.0 Å². The van der Waals surface area contributed by atoms with Gasteiger partial charge in [0.15, 0.2) is 0 Å². The molecule has 1 aliphatic rings. The van der Waals surface area contributed by atoms with Gasteiger partial charge in [-0.2, -0.15) is 0 Å². The number of amides is 2. The minimum absolute atomic E-state index is 0.202. The molecule has 1 fully saturated rings. The molecule has 0 bridgehead atoms. The number of cyclic esters (lactones) is 1. The number of ether oxygens (including phenoxy) is 1. The Kier molecular flexibility index (Phi) is 6.46. The maximum Gasteiger partial charge on any atom is 0.414 e. The summed E-state index contributed by atoms with van der Waals surface area (Å²) in [5, 5.41) is 9.73. The second-order valence-corrected chi connectivity index (χ2v) is 7.51. The fraction of sp³-hybridized carbons (Fsp3) is 0.261. The zero-order chi connectivity index (χ0) is 22.5. The molecule has 2 N–H and O–H groups in total. The molecule has 0 saturated carbocycles. The minimum Gasteiger partial charge on any atom is -0.442 e. The predicted octanol–water partition coefficient (Wildman–Crippen LogP) is 3.23. The minimum atomic E-state index is -0.560. The van der Waals surface area contributed by atoms with Gasteiger partial charge in [-0.1, -0.05) is 29.4 Å². The van der Waals surface area contributed by atoms with Crippen molar-refractivity contribution in [3.63, 3.8) is 0 Å². The number of nitrogens with zero attached hydrogens (tertiary/aromatic N) is 2. The van der Waals surface area contributed by atoms with Crippen LogP contribution in [0.4, 0.5) is 14.9 Å². The van der Waals surface area contributed by atoms with Crippen LogP contribution in [-0.4, -0.2) is 36.4 Å². The van der Waals surface area contributed by atoms with Gasteiger partial charge in [0, 0.05) is 31.6 Å². The predicted molar refractivity (Wildman–Crippen MR) is 115 cm³/mol. The Morgan fingerprint density at radius 3 is 2.69 bits per heavy atom. The van der Waals surface area contributed by atoms with Gasteiger partial charge >= 0.3 is 6.09 Å². The number of halogens is 1. The van der Waals surface area contributed by atoms with Crippen molar-refractivity contribution in [1.29, 1.82) is 0 Å². The summed E-state index contributed by atoms with van der Waals surface area (Å²) in [5.74, 6) is -0.635. The first-order valence-electron chi connectivity index (χ1n) is 10.2. The zero-order valence-electron chi connectivity index (χ0n) is 17.5. The van der Waals surface area contributed by atoms with E-state index in [1.807, 2.05) is 24.3 Å². The van der Waals surface area contributed by atoms with Gasteiger partial charge in [0.05, 0.1) is 24.5 Å². The van der Waals surface area contributed by atoms with Crippen LogP contribution in [0.25, 0.3) is 11.1 Å². The molecule has 2 amide bonds. The number of nitrogens with one attached hydrogen (secondary N) is 2. The fourth-order valence-electron chi connectivity index (χ4n) is 3.47. The lowest BCUT2D eigenvalue weighted by Gasteiger charge is -2.15. The van der Waals surface area contributed by atoms with E-state index in [0.29, 0.717) is 24.3 Å². The first-order chi connectivity index (χ1) is 15.5. The van der Waals surface area contributed by atoms with Gasteiger partial charge in [0.1, 0.15) is 18.2 Å². The van der Waals surface area contributed by atoms with Gasteiger partial charge in [-0.05, 0) is 29.3 Å². The van der Waals surface area contributed by atoms with Crippen molar-refractivity contribution in [2.45, 2.75) is 26.1 Å². The molecular weight excluding hydrogens is 415 g/mol. The van der Waals surface area contributed by atoms with E-state index in [2.05, 4.69) is 15.8 Å². The second kappa shape index (κ2) is 9.61. The molecule has 2 aromatic carbocycles. The Hall–Kier alpha value is -3.72. The Balaban J connectivity index is 1.38. The zero-order valence-corrected chi connectivity index (χ0v) is 17.5. The van der Waals surface area contributed by atoms with Crippen LogP contribution in [0.1, 0.15) is 18.2 Å². The lowest BCUT2D eigenvalue weighted by molar-refractivity contribution is -0.119. The van der Waals surface area contributed by atoms with Crippen LogP contribution in [0.2, 0.25) is 0 Å². The third-order valence-corrected chi connectivity index (χ3v) is 5.11. The molecule has 0 radical (unpaired) electrons. The van der Waals surface area contributed by atoms with Crippen LogP contribution in [0.3, 0.4) is 0 Å². The Bertz CT molecular complexity index is 1090. The highest BCUT2D eigenvalue weighted by atomic mass is 19.1. The highest BCUT2D eigenvalue weighted by Crippen LogP contribution is 2.29. The van der Waals surface area contributed by atoms with E-state index in [1.165, 1.54) is 24.2 Å². The van der Waals surface area contributed by atoms with Crippen molar-refractivity contribution in [3.8, 4) is 11.1 Å². The van der Waals surface area contributed by atoms with Crippen LogP contribution in [0.5, 0.6) is 0 Å². The summed E-state index contributed by atoms with van der Waals surface area (Å²) in [6.45, 7) is 3.10. The first kappa shape index (κ1) is 21.5. The number of benzene rings is 2. The summed E-state index contributed by atoms with van der Waals surface area (Å²) in [6.07, 6.45) is 0.497. The number of rotatable bonds is 8. The van der Waals surface area contributed by atoms with Crippen molar-refractivity contribution >= 4 is 17.7 Å². The van der Waals surface area contributed by atoms with Crippen molar-refractivity contribution in [1.82, 2.24) is 15.8 Å². The number of hydrogen-bond donors (Lipinski definition) is 2. The molecule has 0 spiro atoms. The summed E-state index contributed by atoms with van der Waals surface area (Å²) in [6, 6.07) is 14.0. The SMILES string of the molecule is CC(=O)NC[C@H]1CN(c2ccc(-c3ccc(CNCc4ccon4)cc3)c(F)c2)C(=O)O1. The van der Waals surface area contributed by atoms with Gasteiger partial charge < -0.3 is 19.9 Å². The Morgan fingerprint density at radius 1 is 1.19 bits per heavy atom. The summed E-state index contributed by atoms with van der Waals surface area (Å²) in [7, 11) is 0. The lowest BCUT2D eigenvalue weighted by atomic mass is 10.0.